The highest BCUT2D eigenvalue weighted by Crippen LogP contribution is 2.00. The molecule has 62 valence electrons. The van der Waals surface area contributed by atoms with Crippen LogP contribution in [0.25, 0.3) is 0 Å². The van der Waals surface area contributed by atoms with Gasteiger partial charge in [0.2, 0.25) is 5.91 Å². The highest BCUT2D eigenvalue weighted by atomic mass is 16.1. The number of piperidine rings is 1. The average Bonchev–Trinajstić information content (AvgIpc) is 2.06. The summed E-state index contributed by atoms with van der Waals surface area (Å²) in [7, 11) is 0. The van der Waals surface area contributed by atoms with Crippen molar-refractivity contribution in [3.63, 3.8) is 0 Å². The van der Waals surface area contributed by atoms with E-state index in [1.54, 1.807) is 0 Å². The Balaban J connectivity index is 2.24. The first-order valence-electron chi connectivity index (χ1n) is 3.96. The first-order chi connectivity index (χ1) is 5.33. The molecule has 1 fully saturated rings. The molecule has 0 aromatic carbocycles. The number of nitrogens with one attached hydrogen (secondary N) is 2. The molecule has 1 aliphatic heterocycles. The molecule has 0 bridgehead atoms. The van der Waals surface area contributed by atoms with Crippen LogP contribution in [0.5, 0.6) is 0 Å². The van der Waals surface area contributed by atoms with E-state index in [4.69, 9.17) is 0 Å². The minimum Gasteiger partial charge on any atom is -0.349 e. The van der Waals surface area contributed by atoms with E-state index in [1.165, 1.54) is 6.08 Å². The average molecular weight is 154 g/mol. The van der Waals surface area contributed by atoms with Gasteiger partial charge in [0.1, 0.15) is 0 Å². The molecular weight excluding hydrogens is 140 g/mol. The first-order valence-corrected chi connectivity index (χ1v) is 3.96. The van der Waals surface area contributed by atoms with Gasteiger partial charge in [0.15, 0.2) is 0 Å². The maximum atomic E-state index is 10.8. The van der Waals surface area contributed by atoms with E-state index in [0.29, 0.717) is 6.04 Å². The third-order valence-electron chi connectivity index (χ3n) is 1.83. The maximum Gasteiger partial charge on any atom is 0.243 e. The molecule has 1 rings (SSSR count). The van der Waals surface area contributed by atoms with Gasteiger partial charge in [0.25, 0.3) is 0 Å². The van der Waals surface area contributed by atoms with Gasteiger partial charge in [-0.25, -0.2) is 0 Å². The molecule has 1 amide bonds. The molecule has 0 saturated carbocycles. The Labute approximate surface area is 66.9 Å². The third kappa shape index (κ3) is 2.72. The summed E-state index contributed by atoms with van der Waals surface area (Å²) >= 11 is 0. The van der Waals surface area contributed by atoms with Crippen LogP contribution < -0.4 is 10.6 Å². The van der Waals surface area contributed by atoms with E-state index in [2.05, 4.69) is 17.2 Å². The van der Waals surface area contributed by atoms with Crippen molar-refractivity contribution < 1.29 is 4.79 Å². The molecule has 1 atom stereocenters. The molecule has 1 aliphatic rings. The minimum absolute atomic E-state index is 0.0706. The van der Waals surface area contributed by atoms with Crippen LogP contribution in [0.15, 0.2) is 12.7 Å². The summed E-state index contributed by atoms with van der Waals surface area (Å²) in [6.07, 6.45) is 3.53. The van der Waals surface area contributed by atoms with Crippen LogP contribution in [0.1, 0.15) is 12.8 Å². The third-order valence-corrected chi connectivity index (χ3v) is 1.83. The lowest BCUT2D eigenvalue weighted by Gasteiger charge is -2.22. The molecule has 1 saturated heterocycles. The van der Waals surface area contributed by atoms with Gasteiger partial charge in [-0.1, -0.05) is 6.58 Å². The Bertz CT molecular complexity index is 150. The quantitative estimate of drug-likeness (QED) is 0.551. The second kappa shape index (κ2) is 4.13. The Kier molecular flexibility index (Phi) is 3.11. The van der Waals surface area contributed by atoms with Gasteiger partial charge in [-0.15, -0.1) is 0 Å². The largest absolute Gasteiger partial charge is 0.349 e. The van der Waals surface area contributed by atoms with E-state index < -0.39 is 0 Å². The summed E-state index contributed by atoms with van der Waals surface area (Å²) in [6, 6.07) is 0.300. The van der Waals surface area contributed by atoms with Crippen molar-refractivity contribution in [2.75, 3.05) is 13.1 Å². The molecule has 3 heteroatoms. The second-order valence-corrected chi connectivity index (χ2v) is 2.76. The van der Waals surface area contributed by atoms with Crippen LogP contribution >= 0.6 is 0 Å². The predicted octanol–water partition coefficient (Wildman–Crippen LogP) is 0.0406. The monoisotopic (exact) mass is 154 g/mol. The minimum atomic E-state index is -0.0706. The van der Waals surface area contributed by atoms with Gasteiger partial charge in [0, 0.05) is 12.6 Å². The van der Waals surface area contributed by atoms with Crippen molar-refractivity contribution in [3.05, 3.63) is 12.7 Å². The Morgan fingerprint density at radius 3 is 3.09 bits per heavy atom. The number of rotatable bonds is 2. The SMILES string of the molecule is C=CC(=O)NC1CCCNC1. The zero-order chi connectivity index (χ0) is 8.10. The molecule has 11 heavy (non-hydrogen) atoms. The molecule has 0 radical (unpaired) electrons. The van der Waals surface area contributed by atoms with Crippen molar-refractivity contribution in [1.82, 2.24) is 10.6 Å². The molecule has 0 aromatic rings. The van der Waals surface area contributed by atoms with Crippen LogP contribution in [0.2, 0.25) is 0 Å². The lowest BCUT2D eigenvalue weighted by atomic mass is 10.1. The van der Waals surface area contributed by atoms with Crippen molar-refractivity contribution in [2.24, 2.45) is 0 Å². The highest BCUT2D eigenvalue weighted by molar-refractivity contribution is 5.87. The first kappa shape index (κ1) is 8.27. The van der Waals surface area contributed by atoms with Crippen molar-refractivity contribution >= 4 is 5.91 Å². The van der Waals surface area contributed by atoms with Gasteiger partial charge in [-0.3, -0.25) is 4.79 Å². The molecule has 1 heterocycles. The van der Waals surface area contributed by atoms with E-state index in [9.17, 15) is 4.79 Å². The van der Waals surface area contributed by atoms with E-state index >= 15 is 0 Å². The van der Waals surface area contributed by atoms with Crippen LogP contribution in [-0.2, 0) is 4.79 Å². The standard InChI is InChI=1S/C8H14N2O/c1-2-8(11)10-7-4-3-5-9-6-7/h2,7,9H,1,3-6H2,(H,10,11). The lowest BCUT2D eigenvalue weighted by Crippen LogP contribution is -2.45. The topological polar surface area (TPSA) is 41.1 Å². The maximum absolute atomic E-state index is 10.8. The summed E-state index contributed by atoms with van der Waals surface area (Å²) in [4.78, 5) is 10.8. The fourth-order valence-corrected chi connectivity index (χ4v) is 1.24. The number of carbonyl (C=O) groups is 1. The van der Waals surface area contributed by atoms with E-state index in [1.807, 2.05) is 0 Å². The van der Waals surface area contributed by atoms with Crippen LogP contribution in [-0.4, -0.2) is 25.0 Å². The van der Waals surface area contributed by atoms with Crippen molar-refractivity contribution in [1.29, 1.82) is 0 Å². The normalized spacial score (nSPS) is 24.2. The molecule has 2 N–H and O–H groups in total. The summed E-state index contributed by atoms with van der Waals surface area (Å²) in [5.41, 5.74) is 0. The highest BCUT2D eigenvalue weighted by Gasteiger charge is 2.12. The Hall–Kier alpha value is -0.830. The lowest BCUT2D eigenvalue weighted by molar-refractivity contribution is -0.117. The van der Waals surface area contributed by atoms with Gasteiger partial charge in [-0.05, 0) is 25.5 Å². The zero-order valence-electron chi connectivity index (χ0n) is 6.60. The van der Waals surface area contributed by atoms with Gasteiger partial charge in [0.05, 0.1) is 0 Å². The molecular formula is C8H14N2O. The molecule has 0 aromatic heterocycles. The number of hydrogen-bond acceptors (Lipinski definition) is 2. The number of amides is 1. The summed E-state index contributed by atoms with van der Waals surface area (Å²) < 4.78 is 0. The Morgan fingerprint density at radius 1 is 1.73 bits per heavy atom. The zero-order valence-corrected chi connectivity index (χ0v) is 6.60. The van der Waals surface area contributed by atoms with Gasteiger partial charge in [-0.2, -0.15) is 0 Å². The summed E-state index contributed by atoms with van der Waals surface area (Å²) in [5.74, 6) is -0.0706. The van der Waals surface area contributed by atoms with E-state index in [0.717, 1.165) is 25.9 Å². The summed E-state index contributed by atoms with van der Waals surface area (Å²) in [5, 5.41) is 6.06. The van der Waals surface area contributed by atoms with Crippen LogP contribution in [0.3, 0.4) is 0 Å². The van der Waals surface area contributed by atoms with Crippen molar-refractivity contribution in [3.8, 4) is 0 Å². The predicted molar refractivity (Wildman–Crippen MR) is 44.2 cm³/mol. The van der Waals surface area contributed by atoms with Crippen molar-refractivity contribution in [2.45, 2.75) is 18.9 Å². The van der Waals surface area contributed by atoms with Crippen LogP contribution in [0, 0.1) is 0 Å². The van der Waals surface area contributed by atoms with Crippen LogP contribution in [0.4, 0.5) is 0 Å². The number of hydrogen-bond donors (Lipinski definition) is 2. The fraction of sp³-hybridized carbons (Fsp3) is 0.625. The molecule has 3 nitrogen and oxygen atoms in total. The molecule has 0 aliphatic carbocycles. The second-order valence-electron chi connectivity index (χ2n) is 2.76. The smallest absolute Gasteiger partial charge is 0.243 e. The Morgan fingerprint density at radius 2 is 2.55 bits per heavy atom. The molecule has 0 spiro atoms. The molecule has 1 unspecified atom stereocenters. The van der Waals surface area contributed by atoms with Gasteiger partial charge >= 0.3 is 0 Å². The summed E-state index contributed by atoms with van der Waals surface area (Å²) in [6.45, 7) is 5.35. The fourth-order valence-electron chi connectivity index (χ4n) is 1.24. The van der Waals surface area contributed by atoms with E-state index in [-0.39, 0.29) is 5.91 Å². The van der Waals surface area contributed by atoms with Gasteiger partial charge < -0.3 is 10.6 Å². The number of carbonyl (C=O) groups excluding carboxylic acids is 1.